The number of hydrogen-bond donors (Lipinski definition) is 3. The van der Waals surface area contributed by atoms with Crippen LogP contribution in [-0.4, -0.2) is 36.6 Å². The number of aliphatic imine (C=N–C) groups is 1. The molecular weight excluding hydrogens is 319 g/mol. The van der Waals surface area contributed by atoms with Crippen LogP contribution < -0.4 is 16.0 Å². The zero-order valence-electron chi connectivity index (χ0n) is 13.8. The minimum atomic E-state index is -4.42. The SMILES string of the molecule is CCNC(=NCCNc1ncccc1C(F)(F)F)NC1CCCC1. The monoisotopic (exact) mass is 343 g/mol. The van der Waals surface area contributed by atoms with E-state index in [1.54, 1.807) is 0 Å². The molecule has 134 valence electrons. The fourth-order valence-electron chi connectivity index (χ4n) is 2.70. The quantitative estimate of drug-likeness (QED) is 0.422. The van der Waals surface area contributed by atoms with Gasteiger partial charge in [0.05, 0.1) is 12.1 Å². The Labute approximate surface area is 140 Å². The average molecular weight is 343 g/mol. The second kappa shape index (κ2) is 8.75. The van der Waals surface area contributed by atoms with Crippen molar-refractivity contribution < 1.29 is 13.2 Å². The molecule has 1 aromatic rings. The summed E-state index contributed by atoms with van der Waals surface area (Å²) >= 11 is 0. The number of alkyl halides is 3. The number of aromatic nitrogens is 1. The third-order valence-electron chi connectivity index (χ3n) is 3.83. The summed E-state index contributed by atoms with van der Waals surface area (Å²) < 4.78 is 38.7. The molecule has 0 spiro atoms. The van der Waals surface area contributed by atoms with Crippen LogP contribution in [0.5, 0.6) is 0 Å². The molecule has 1 aromatic heterocycles. The second-order valence-corrected chi connectivity index (χ2v) is 5.71. The van der Waals surface area contributed by atoms with Crippen LogP contribution in [0.4, 0.5) is 19.0 Å². The lowest BCUT2D eigenvalue weighted by atomic mass is 10.2. The summed E-state index contributed by atoms with van der Waals surface area (Å²) in [6.07, 6.45) is 1.62. The molecule has 1 saturated carbocycles. The predicted octanol–water partition coefficient (Wildman–Crippen LogP) is 3.01. The first-order valence-electron chi connectivity index (χ1n) is 8.31. The molecule has 0 amide bonds. The number of pyridine rings is 1. The van der Waals surface area contributed by atoms with Crippen LogP contribution in [0.25, 0.3) is 0 Å². The van der Waals surface area contributed by atoms with Crippen LogP contribution in [0.2, 0.25) is 0 Å². The first-order chi connectivity index (χ1) is 11.5. The third kappa shape index (κ3) is 5.58. The van der Waals surface area contributed by atoms with Gasteiger partial charge in [-0.3, -0.25) is 4.99 Å². The minimum Gasteiger partial charge on any atom is -0.368 e. The number of nitrogens with zero attached hydrogens (tertiary/aromatic N) is 2. The molecule has 0 bridgehead atoms. The van der Waals surface area contributed by atoms with Crippen molar-refractivity contribution in [3.63, 3.8) is 0 Å². The molecule has 0 aliphatic heterocycles. The van der Waals surface area contributed by atoms with Crippen molar-refractivity contribution in [2.24, 2.45) is 4.99 Å². The third-order valence-corrected chi connectivity index (χ3v) is 3.83. The maximum Gasteiger partial charge on any atom is 0.419 e. The van der Waals surface area contributed by atoms with Gasteiger partial charge in [0.25, 0.3) is 0 Å². The first kappa shape index (κ1) is 18.4. The van der Waals surface area contributed by atoms with Crippen molar-refractivity contribution in [3.8, 4) is 0 Å². The molecule has 0 atom stereocenters. The summed E-state index contributed by atoms with van der Waals surface area (Å²) in [4.78, 5) is 8.18. The Morgan fingerprint density at radius 3 is 2.75 bits per heavy atom. The van der Waals surface area contributed by atoms with Gasteiger partial charge >= 0.3 is 6.18 Å². The molecule has 1 fully saturated rings. The van der Waals surface area contributed by atoms with Gasteiger partial charge in [-0.25, -0.2) is 4.98 Å². The molecule has 0 saturated heterocycles. The summed E-state index contributed by atoms with van der Waals surface area (Å²) in [5.74, 6) is 0.553. The normalized spacial score (nSPS) is 16.2. The Hall–Kier alpha value is -1.99. The van der Waals surface area contributed by atoms with Gasteiger partial charge in [-0.05, 0) is 31.9 Å². The molecule has 3 N–H and O–H groups in total. The summed E-state index contributed by atoms with van der Waals surface area (Å²) in [7, 11) is 0. The van der Waals surface area contributed by atoms with Crippen molar-refractivity contribution in [1.29, 1.82) is 0 Å². The van der Waals surface area contributed by atoms with Gasteiger partial charge < -0.3 is 16.0 Å². The first-order valence-corrected chi connectivity index (χ1v) is 8.31. The van der Waals surface area contributed by atoms with E-state index < -0.39 is 11.7 Å². The van der Waals surface area contributed by atoms with Crippen molar-refractivity contribution in [1.82, 2.24) is 15.6 Å². The van der Waals surface area contributed by atoms with Gasteiger partial charge in [0.1, 0.15) is 5.82 Å². The Kier molecular flexibility index (Phi) is 6.69. The Morgan fingerprint density at radius 1 is 1.33 bits per heavy atom. The van der Waals surface area contributed by atoms with Crippen LogP contribution in [-0.2, 0) is 6.18 Å². The smallest absolute Gasteiger partial charge is 0.368 e. The maximum absolute atomic E-state index is 12.9. The lowest BCUT2D eigenvalue weighted by molar-refractivity contribution is -0.137. The number of hydrogen-bond acceptors (Lipinski definition) is 3. The molecular formula is C16H24F3N5. The van der Waals surface area contributed by atoms with E-state index in [4.69, 9.17) is 0 Å². The highest BCUT2D eigenvalue weighted by atomic mass is 19.4. The van der Waals surface area contributed by atoms with Crippen LogP contribution in [0.3, 0.4) is 0 Å². The van der Waals surface area contributed by atoms with Gasteiger partial charge in [-0.1, -0.05) is 12.8 Å². The van der Waals surface area contributed by atoms with Crippen LogP contribution in [0.15, 0.2) is 23.3 Å². The van der Waals surface area contributed by atoms with E-state index in [0.29, 0.717) is 18.5 Å². The fourth-order valence-corrected chi connectivity index (χ4v) is 2.70. The highest BCUT2D eigenvalue weighted by Gasteiger charge is 2.33. The molecule has 24 heavy (non-hydrogen) atoms. The van der Waals surface area contributed by atoms with Crippen molar-refractivity contribution in [2.75, 3.05) is 25.0 Å². The molecule has 0 unspecified atom stereocenters. The van der Waals surface area contributed by atoms with E-state index in [9.17, 15) is 13.2 Å². The number of nitrogens with one attached hydrogen (secondary N) is 3. The van der Waals surface area contributed by atoms with Gasteiger partial charge in [-0.15, -0.1) is 0 Å². The molecule has 0 aromatic carbocycles. The molecule has 1 aliphatic rings. The number of anilines is 1. The summed E-state index contributed by atoms with van der Waals surface area (Å²) in [6.45, 7) is 3.36. The summed E-state index contributed by atoms with van der Waals surface area (Å²) in [6, 6.07) is 2.73. The maximum atomic E-state index is 12.9. The number of rotatable bonds is 6. The van der Waals surface area contributed by atoms with Crippen LogP contribution in [0.1, 0.15) is 38.2 Å². The van der Waals surface area contributed by atoms with Gasteiger partial charge in [0.15, 0.2) is 5.96 Å². The molecule has 2 rings (SSSR count). The van der Waals surface area contributed by atoms with Crippen molar-refractivity contribution >= 4 is 11.8 Å². The molecule has 5 nitrogen and oxygen atoms in total. The van der Waals surface area contributed by atoms with Gasteiger partial charge in [-0.2, -0.15) is 13.2 Å². The zero-order chi connectivity index (χ0) is 17.4. The highest BCUT2D eigenvalue weighted by Crippen LogP contribution is 2.33. The summed E-state index contributed by atoms with van der Waals surface area (Å²) in [5, 5.41) is 9.24. The average Bonchev–Trinajstić information content (AvgIpc) is 3.04. The van der Waals surface area contributed by atoms with Crippen LogP contribution in [0, 0.1) is 0 Å². The lowest BCUT2D eigenvalue weighted by Crippen LogP contribution is -2.42. The standard InChI is InChI=1S/C16H24F3N5/c1-2-20-15(24-12-6-3-4-7-12)23-11-10-22-14-13(16(17,18)19)8-5-9-21-14/h5,8-9,12H,2-4,6-7,10-11H2,1H3,(H,21,22)(H2,20,23,24). The van der Waals surface area contributed by atoms with E-state index in [1.165, 1.54) is 25.1 Å². The Bertz CT molecular complexity index is 539. The molecule has 1 aliphatic carbocycles. The number of guanidine groups is 1. The van der Waals surface area contributed by atoms with E-state index in [0.717, 1.165) is 25.5 Å². The van der Waals surface area contributed by atoms with Gasteiger partial charge in [0.2, 0.25) is 0 Å². The van der Waals surface area contributed by atoms with E-state index in [-0.39, 0.29) is 12.4 Å². The molecule has 1 heterocycles. The van der Waals surface area contributed by atoms with E-state index in [1.807, 2.05) is 6.92 Å². The molecule has 8 heteroatoms. The number of halogens is 3. The highest BCUT2D eigenvalue weighted by molar-refractivity contribution is 5.80. The minimum absolute atomic E-state index is 0.158. The van der Waals surface area contributed by atoms with Crippen LogP contribution >= 0.6 is 0 Å². The van der Waals surface area contributed by atoms with Crippen molar-refractivity contribution in [2.45, 2.75) is 44.8 Å². The Morgan fingerprint density at radius 2 is 2.08 bits per heavy atom. The zero-order valence-corrected chi connectivity index (χ0v) is 13.8. The largest absolute Gasteiger partial charge is 0.419 e. The van der Waals surface area contributed by atoms with Crippen molar-refractivity contribution in [3.05, 3.63) is 23.9 Å². The predicted molar refractivity (Wildman–Crippen MR) is 89.1 cm³/mol. The van der Waals surface area contributed by atoms with E-state index >= 15 is 0 Å². The fraction of sp³-hybridized carbons (Fsp3) is 0.625. The second-order valence-electron chi connectivity index (χ2n) is 5.71. The topological polar surface area (TPSA) is 61.3 Å². The lowest BCUT2D eigenvalue weighted by Gasteiger charge is -2.17. The molecule has 0 radical (unpaired) electrons. The van der Waals surface area contributed by atoms with Gasteiger partial charge in [0, 0.05) is 25.3 Å². The summed E-state index contributed by atoms with van der Waals surface area (Å²) in [5.41, 5.74) is -0.759. The van der Waals surface area contributed by atoms with E-state index in [2.05, 4.69) is 25.9 Å². The Balaban J connectivity index is 1.88.